The SMILES string of the molecule is CN(Cc1ccccc1)Cn1nc(C2CC2)n(C2CC2)c1=S. The number of nitrogens with zero attached hydrogens (tertiary/aromatic N) is 4. The van der Waals surface area contributed by atoms with Crippen LogP contribution in [0.15, 0.2) is 30.3 Å². The molecule has 0 saturated heterocycles. The maximum Gasteiger partial charge on any atom is 0.199 e. The average Bonchev–Trinajstić information content (AvgIpc) is 3.40. The van der Waals surface area contributed by atoms with E-state index in [4.69, 9.17) is 17.3 Å². The van der Waals surface area contributed by atoms with Gasteiger partial charge in [0.05, 0.1) is 6.67 Å². The van der Waals surface area contributed by atoms with E-state index >= 15 is 0 Å². The lowest BCUT2D eigenvalue weighted by atomic mass is 10.2. The molecule has 2 aliphatic carbocycles. The number of benzene rings is 1. The minimum Gasteiger partial charge on any atom is -0.301 e. The monoisotopic (exact) mass is 314 g/mol. The molecule has 0 spiro atoms. The van der Waals surface area contributed by atoms with Gasteiger partial charge >= 0.3 is 0 Å². The number of rotatable bonds is 6. The largest absolute Gasteiger partial charge is 0.301 e. The molecule has 0 N–H and O–H groups in total. The molecule has 0 radical (unpaired) electrons. The van der Waals surface area contributed by atoms with Crippen LogP contribution in [0.3, 0.4) is 0 Å². The smallest absolute Gasteiger partial charge is 0.199 e. The lowest BCUT2D eigenvalue weighted by molar-refractivity contribution is 0.243. The second-order valence-electron chi connectivity index (χ2n) is 6.66. The molecule has 0 unspecified atom stereocenters. The first-order valence-electron chi connectivity index (χ1n) is 8.14. The van der Waals surface area contributed by atoms with Crippen molar-refractivity contribution in [1.82, 2.24) is 19.2 Å². The fraction of sp³-hybridized carbons (Fsp3) is 0.529. The molecule has 0 amide bonds. The topological polar surface area (TPSA) is 26.0 Å². The van der Waals surface area contributed by atoms with Gasteiger partial charge < -0.3 is 4.57 Å². The summed E-state index contributed by atoms with van der Waals surface area (Å²) in [5.74, 6) is 1.89. The van der Waals surface area contributed by atoms with Crippen LogP contribution in [0, 0.1) is 4.77 Å². The Morgan fingerprint density at radius 3 is 2.55 bits per heavy atom. The van der Waals surface area contributed by atoms with Gasteiger partial charge in [-0.1, -0.05) is 30.3 Å². The van der Waals surface area contributed by atoms with Gasteiger partial charge in [-0.2, -0.15) is 5.10 Å². The van der Waals surface area contributed by atoms with Gasteiger partial charge in [0.2, 0.25) is 0 Å². The third-order valence-corrected chi connectivity index (χ3v) is 4.83. The van der Waals surface area contributed by atoms with Crippen LogP contribution in [0.2, 0.25) is 0 Å². The molecule has 2 aromatic rings. The van der Waals surface area contributed by atoms with Crippen molar-refractivity contribution in [1.29, 1.82) is 0 Å². The van der Waals surface area contributed by atoms with Crippen LogP contribution < -0.4 is 0 Å². The Labute approximate surface area is 136 Å². The van der Waals surface area contributed by atoms with Gasteiger partial charge in [-0.15, -0.1) is 0 Å². The van der Waals surface area contributed by atoms with E-state index in [2.05, 4.69) is 46.8 Å². The third-order valence-electron chi connectivity index (χ3n) is 4.42. The van der Waals surface area contributed by atoms with Gasteiger partial charge in [0.1, 0.15) is 5.82 Å². The summed E-state index contributed by atoms with van der Waals surface area (Å²) in [5.41, 5.74) is 1.32. The van der Waals surface area contributed by atoms with Crippen LogP contribution in [-0.2, 0) is 13.2 Å². The Kier molecular flexibility index (Phi) is 3.62. The summed E-state index contributed by atoms with van der Waals surface area (Å²) in [6.45, 7) is 1.67. The molecule has 116 valence electrons. The molecular weight excluding hydrogens is 292 g/mol. The van der Waals surface area contributed by atoms with Crippen LogP contribution in [0.5, 0.6) is 0 Å². The van der Waals surface area contributed by atoms with E-state index in [1.54, 1.807) is 0 Å². The zero-order valence-corrected chi connectivity index (χ0v) is 13.8. The van der Waals surface area contributed by atoms with Gasteiger partial charge in [-0.3, -0.25) is 4.90 Å². The average molecular weight is 314 g/mol. The van der Waals surface area contributed by atoms with Crippen molar-refractivity contribution in [3.8, 4) is 0 Å². The van der Waals surface area contributed by atoms with E-state index in [1.165, 1.54) is 37.1 Å². The van der Waals surface area contributed by atoms with Gasteiger partial charge in [0, 0.05) is 18.5 Å². The molecular formula is C17H22N4S. The zero-order valence-electron chi connectivity index (χ0n) is 13.0. The zero-order chi connectivity index (χ0) is 15.1. The molecule has 2 aliphatic rings. The van der Waals surface area contributed by atoms with E-state index in [-0.39, 0.29) is 0 Å². The fourth-order valence-corrected chi connectivity index (χ4v) is 3.34. The summed E-state index contributed by atoms with van der Waals surface area (Å²) in [6, 6.07) is 11.2. The molecule has 2 fully saturated rings. The molecule has 0 bridgehead atoms. The number of hydrogen-bond donors (Lipinski definition) is 0. The van der Waals surface area contributed by atoms with Gasteiger partial charge in [-0.05, 0) is 50.5 Å². The Balaban J connectivity index is 1.53. The van der Waals surface area contributed by atoms with Crippen molar-refractivity contribution in [3.63, 3.8) is 0 Å². The van der Waals surface area contributed by atoms with Crippen LogP contribution in [-0.4, -0.2) is 26.3 Å². The summed E-state index contributed by atoms with van der Waals surface area (Å²) in [5, 5.41) is 4.85. The van der Waals surface area contributed by atoms with Crippen molar-refractivity contribution in [2.45, 2.75) is 50.9 Å². The molecule has 4 rings (SSSR count). The maximum absolute atomic E-state index is 5.70. The molecule has 0 atom stereocenters. The second-order valence-corrected chi connectivity index (χ2v) is 7.02. The van der Waals surface area contributed by atoms with E-state index in [1.807, 2.05) is 4.68 Å². The lowest BCUT2D eigenvalue weighted by Crippen LogP contribution is -2.22. The minimum atomic E-state index is 0.622. The molecule has 4 nitrogen and oxygen atoms in total. The summed E-state index contributed by atoms with van der Waals surface area (Å²) in [4.78, 5) is 2.27. The molecule has 5 heteroatoms. The second kappa shape index (κ2) is 5.63. The van der Waals surface area contributed by atoms with Crippen LogP contribution >= 0.6 is 12.2 Å². The van der Waals surface area contributed by atoms with E-state index in [9.17, 15) is 0 Å². The molecule has 1 heterocycles. The maximum atomic E-state index is 5.70. The van der Waals surface area contributed by atoms with E-state index in [0.717, 1.165) is 18.0 Å². The molecule has 1 aromatic heterocycles. The number of aromatic nitrogens is 3. The predicted molar refractivity (Wildman–Crippen MR) is 89.2 cm³/mol. The third kappa shape index (κ3) is 2.88. The molecule has 0 aliphatic heterocycles. The molecule has 1 aromatic carbocycles. The van der Waals surface area contributed by atoms with Crippen molar-refractivity contribution in [3.05, 3.63) is 46.5 Å². The van der Waals surface area contributed by atoms with Gasteiger partial charge in [0.15, 0.2) is 4.77 Å². The molecule has 2 saturated carbocycles. The van der Waals surface area contributed by atoms with Crippen molar-refractivity contribution in [2.24, 2.45) is 0 Å². The Hall–Kier alpha value is -1.46. The number of hydrogen-bond acceptors (Lipinski definition) is 3. The fourth-order valence-electron chi connectivity index (χ4n) is 3.00. The van der Waals surface area contributed by atoms with Crippen molar-refractivity contribution < 1.29 is 0 Å². The molecule has 22 heavy (non-hydrogen) atoms. The highest BCUT2D eigenvalue weighted by Crippen LogP contribution is 2.44. The quantitative estimate of drug-likeness (QED) is 0.760. The first-order valence-corrected chi connectivity index (χ1v) is 8.55. The van der Waals surface area contributed by atoms with Crippen LogP contribution in [0.25, 0.3) is 0 Å². The Morgan fingerprint density at radius 2 is 1.91 bits per heavy atom. The normalized spacial score (nSPS) is 18.1. The van der Waals surface area contributed by atoms with Gasteiger partial charge in [-0.25, -0.2) is 4.68 Å². The minimum absolute atomic E-state index is 0.622. The van der Waals surface area contributed by atoms with Crippen molar-refractivity contribution in [2.75, 3.05) is 7.05 Å². The van der Waals surface area contributed by atoms with Crippen LogP contribution in [0.4, 0.5) is 0 Å². The predicted octanol–water partition coefficient (Wildman–Crippen LogP) is 3.72. The van der Waals surface area contributed by atoms with Crippen LogP contribution in [0.1, 0.15) is 49.0 Å². The summed E-state index contributed by atoms with van der Waals surface area (Å²) in [7, 11) is 2.13. The Morgan fingerprint density at radius 1 is 1.18 bits per heavy atom. The first-order chi connectivity index (χ1) is 10.7. The standard InChI is InChI=1S/C17H22N4S/c1-19(11-13-5-3-2-4-6-13)12-20-17(22)21(15-9-10-15)16(18-20)14-7-8-14/h2-6,14-15H,7-12H2,1H3. The summed E-state index contributed by atoms with van der Waals surface area (Å²) < 4.78 is 5.26. The summed E-state index contributed by atoms with van der Waals surface area (Å²) in [6.07, 6.45) is 5.08. The highest BCUT2D eigenvalue weighted by Gasteiger charge is 2.35. The van der Waals surface area contributed by atoms with Gasteiger partial charge in [0.25, 0.3) is 0 Å². The van der Waals surface area contributed by atoms with E-state index in [0.29, 0.717) is 12.0 Å². The first kappa shape index (κ1) is 14.2. The highest BCUT2D eigenvalue weighted by molar-refractivity contribution is 7.71. The Bertz CT molecular complexity index is 710. The van der Waals surface area contributed by atoms with Crippen molar-refractivity contribution >= 4 is 12.2 Å². The highest BCUT2D eigenvalue weighted by atomic mass is 32.1. The lowest BCUT2D eigenvalue weighted by Gasteiger charge is -2.16. The van der Waals surface area contributed by atoms with E-state index < -0.39 is 0 Å². The summed E-state index contributed by atoms with van der Waals surface area (Å²) >= 11 is 5.70.